The highest BCUT2D eigenvalue weighted by molar-refractivity contribution is 4.67. The van der Waals surface area contributed by atoms with Crippen molar-refractivity contribution < 1.29 is 37.9 Å². The number of piperidine rings is 1. The normalized spacial score (nSPS) is 14.1. The summed E-state index contributed by atoms with van der Waals surface area (Å²) in [6, 6.07) is 0. The molecule has 0 radical (unpaired) electrons. The lowest BCUT2D eigenvalue weighted by Crippen LogP contribution is -2.33. The van der Waals surface area contributed by atoms with E-state index in [1.165, 1.54) is 83.5 Å². The van der Waals surface area contributed by atoms with E-state index < -0.39 is 0 Å². The number of ether oxygens (including phenoxy) is 8. The van der Waals surface area contributed by atoms with E-state index in [0.717, 1.165) is 39.0 Å². The summed E-state index contributed by atoms with van der Waals surface area (Å²) in [6.07, 6.45) is 21.9. The summed E-state index contributed by atoms with van der Waals surface area (Å²) < 4.78 is 44.7. The lowest BCUT2D eigenvalue weighted by Gasteiger charge is -2.22. The van der Waals surface area contributed by atoms with E-state index in [0.29, 0.717) is 98.6 Å². The number of nitrogens with one attached hydrogen (secondary N) is 1. The van der Waals surface area contributed by atoms with Crippen LogP contribution in [0, 0.1) is 0 Å². The maximum absolute atomic E-state index is 5.80. The molecule has 0 aliphatic carbocycles. The molecule has 1 rings (SSSR count). The first-order valence-corrected chi connectivity index (χ1v) is 18.3. The quantitative estimate of drug-likeness (QED) is 0.0787. The Morgan fingerprint density at radius 3 is 1.02 bits per heavy atom. The van der Waals surface area contributed by atoms with E-state index in [-0.39, 0.29) is 0 Å². The van der Waals surface area contributed by atoms with Crippen LogP contribution < -0.4 is 5.32 Å². The monoisotopic (exact) mass is 634 g/mol. The summed E-state index contributed by atoms with van der Waals surface area (Å²) in [5.41, 5.74) is 0. The minimum Gasteiger partial charge on any atom is -0.379 e. The minimum atomic E-state index is 0.383. The predicted octanol–water partition coefficient (Wildman–Crippen LogP) is 6.35. The molecule has 0 unspecified atom stereocenters. The van der Waals surface area contributed by atoms with Crippen molar-refractivity contribution in [2.75, 3.05) is 112 Å². The molecule has 1 aliphatic heterocycles. The zero-order valence-electron chi connectivity index (χ0n) is 28.7. The van der Waals surface area contributed by atoms with E-state index >= 15 is 0 Å². The topological polar surface area (TPSA) is 85.9 Å². The van der Waals surface area contributed by atoms with Gasteiger partial charge in [-0.2, -0.15) is 0 Å². The highest BCUT2D eigenvalue weighted by Crippen LogP contribution is 2.13. The fourth-order valence-electron chi connectivity index (χ4n) is 5.06. The van der Waals surface area contributed by atoms with Gasteiger partial charge in [0.05, 0.1) is 98.6 Å². The van der Waals surface area contributed by atoms with Crippen LogP contribution in [-0.2, 0) is 37.9 Å². The molecule has 44 heavy (non-hydrogen) atoms. The van der Waals surface area contributed by atoms with Gasteiger partial charge in [-0.25, -0.2) is 0 Å². The van der Waals surface area contributed by atoms with E-state index in [4.69, 9.17) is 37.9 Å². The molecule has 0 aromatic rings. The Kier molecular flexibility index (Phi) is 35.1. The van der Waals surface area contributed by atoms with Crippen LogP contribution in [0.1, 0.15) is 110 Å². The van der Waals surface area contributed by atoms with Crippen LogP contribution in [0.3, 0.4) is 0 Å². The van der Waals surface area contributed by atoms with Crippen LogP contribution in [-0.4, -0.2) is 118 Å². The molecular weight excluding hydrogens is 562 g/mol. The highest BCUT2D eigenvalue weighted by Gasteiger charge is 2.12. The van der Waals surface area contributed by atoms with Crippen LogP contribution in [0.2, 0.25) is 0 Å². The van der Waals surface area contributed by atoms with Gasteiger partial charge in [-0.3, -0.25) is 0 Å². The Morgan fingerprint density at radius 1 is 0.364 bits per heavy atom. The second-order valence-electron chi connectivity index (χ2n) is 11.7. The molecule has 1 fully saturated rings. The largest absolute Gasteiger partial charge is 0.379 e. The van der Waals surface area contributed by atoms with E-state index in [9.17, 15) is 0 Å². The average Bonchev–Trinajstić information content (AvgIpc) is 3.05. The van der Waals surface area contributed by atoms with Gasteiger partial charge in [0, 0.05) is 6.61 Å². The maximum atomic E-state index is 5.80. The van der Waals surface area contributed by atoms with E-state index in [1.54, 1.807) is 0 Å². The SMILES string of the molecule is CCCCCCCCCCCCCCCCOCCOCCOCCOCCOCCOCCOCCOC1CCNCC1. The molecule has 1 saturated heterocycles. The molecule has 9 nitrogen and oxygen atoms in total. The van der Waals surface area contributed by atoms with Crippen molar-refractivity contribution in [3.05, 3.63) is 0 Å². The van der Waals surface area contributed by atoms with E-state index in [1.807, 2.05) is 0 Å². The maximum Gasteiger partial charge on any atom is 0.0704 e. The fourth-order valence-corrected chi connectivity index (χ4v) is 5.06. The van der Waals surface area contributed by atoms with Crippen molar-refractivity contribution in [2.24, 2.45) is 0 Å². The molecule has 0 amide bonds. The molecule has 0 saturated carbocycles. The Morgan fingerprint density at radius 2 is 0.659 bits per heavy atom. The van der Waals surface area contributed by atoms with Gasteiger partial charge in [0.2, 0.25) is 0 Å². The molecule has 0 aromatic carbocycles. The van der Waals surface area contributed by atoms with Crippen LogP contribution in [0.4, 0.5) is 0 Å². The minimum absolute atomic E-state index is 0.383. The Hall–Kier alpha value is -0.360. The zero-order valence-corrected chi connectivity index (χ0v) is 28.7. The molecule has 0 atom stereocenters. The van der Waals surface area contributed by atoms with Gasteiger partial charge in [-0.15, -0.1) is 0 Å². The number of unbranched alkanes of at least 4 members (excludes halogenated alkanes) is 13. The third kappa shape index (κ3) is 33.0. The van der Waals surface area contributed by atoms with Gasteiger partial charge in [0.25, 0.3) is 0 Å². The molecule has 1 heterocycles. The van der Waals surface area contributed by atoms with Gasteiger partial charge >= 0.3 is 0 Å². The Balaban J connectivity index is 1.60. The number of hydrogen-bond acceptors (Lipinski definition) is 9. The summed E-state index contributed by atoms with van der Waals surface area (Å²) in [4.78, 5) is 0. The van der Waals surface area contributed by atoms with Gasteiger partial charge in [0.1, 0.15) is 0 Å². The molecule has 9 heteroatoms. The van der Waals surface area contributed by atoms with E-state index in [2.05, 4.69) is 12.2 Å². The molecule has 264 valence electrons. The van der Waals surface area contributed by atoms with Crippen molar-refractivity contribution in [2.45, 2.75) is 116 Å². The molecular formula is C35H71NO8. The first-order valence-electron chi connectivity index (χ1n) is 18.3. The third-order valence-corrected chi connectivity index (χ3v) is 7.74. The summed E-state index contributed by atoms with van der Waals surface area (Å²) in [5.74, 6) is 0. The first-order chi connectivity index (χ1) is 21.9. The first kappa shape index (κ1) is 41.7. The van der Waals surface area contributed by atoms with Crippen LogP contribution in [0.25, 0.3) is 0 Å². The van der Waals surface area contributed by atoms with Crippen molar-refractivity contribution in [3.8, 4) is 0 Å². The van der Waals surface area contributed by atoms with Crippen molar-refractivity contribution in [1.82, 2.24) is 5.32 Å². The second kappa shape index (κ2) is 37.1. The van der Waals surface area contributed by atoms with Gasteiger partial charge < -0.3 is 43.2 Å². The third-order valence-electron chi connectivity index (χ3n) is 7.74. The molecule has 1 N–H and O–H groups in total. The summed E-state index contributed by atoms with van der Waals surface area (Å²) in [6.45, 7) is 13.4. The summed E-state index contributed by atoms with van der Waals surface area (Å²) in [5, 5.41) is 3.34. The number of hydrogen-bond donors (Lipinski definition) is 1. The molecule has 1 aliphatic rings. The van der Waals surface area contributed by atoms with Crippen LogP contribution in [0.15, 0.2) is 0 Å². The predicted molar refractivity (Wildman–Crippen MR) is 178 cm³/mol. The summed E-state index contributed by atoms with van der Waals surface area (Å²) >= 11 is 0. The number of rotatable bonds is 37. The average molecular weight is 634 g/mol. The fraction of sp³-hybridized carbons (Fsp3) is 1.00. The van der Waals surface area contributed by atoms with Gasteiger partial charge in [0.15, 0.2) is 0 Å². The highest BCUT2D eigenvalue weighted by atomic mass is 16.6. The van der Waals surface area contributed by atoms with Gasteiger partial charge in [-0.1, -0.05) is 90.4 Å². The lowest BCUT2D eigenvalue weighted by atomic mass is 10.0. The van der Waals surface area contributed by atoms with Crippen molar-refractivity contribution >= 4 is 0 Å². The Bertz CT molecular complexity index is 525. The van der Waals surface area contributed by atoms with Crippen molar-refractivity contribution in [3.63, 3.8) is 0 Å². The van der Waals surface area contributed by atoms with Crippen molar-refractivity contribution in [1.29, 1.82) is 0 Å². The van der Waals surface area contributed by atoms with Crippen LogP contribution >= 0.6 is 0 Å². The lowest BCUT2D eigenvalue weighted by molar-refractivity contribution is -0.0313. The molecule has 0 spiro atoms. The standard InChI is InChI=1S/C35H71NO8/c1-2-3-4-5-6-7-8-9-10-11-12-13-14-15-20-37-21-22-38-23-24-39-25-26-40-27-28-41-29-30-42-31-32-43-33-34-44-35-16-18-36-19-17-35/h35-36H,2-34H2,1H3. The smallest absolute Gasteiger partial charge is 0.0704 e. The zero-order chi connectivity index (χ0) is 31.3. The molecule has 0 aromatic heterocycles. The van der Waals surface area contributed by atoms with Gasteiger partial charge in [-0.05, 0) is 32.4 Å². The summed E-state index contributed by atoms with van der Waals surface area (Å²) in [7, 11) is 0. The Labute approximate surface area is 271 Å². The molecule has 0 bridgehead atoms. The second-order valence-corrected chi connectivity index (χ2v) is 11.7. The van der Waals surface area contributed by atoms with Crippen LogP contribution in [0.5, 0.6) is 0 Å².